The summed E-state index contributed by atoms with van der Waals surface area (Å²) in [7, 11) is 0. The molecule has 0 saturated heterocycles. The minimum Gasteiger partial charge on any atom is -0.367 e. The molecule has 5 rings (SSSR count). The predicted molar refractivity (Wildman–Crippen MR) is 104 cm³/mol. The monoisotopic (exact) mass is 346 g/mol. The fourth-order valence-electron chi connectivity index (χ4n) is 3.14. The lowest BCUT2D eigenvalue weighted by atomic mass is 9.84. The maximum Gasteiger partial charge on any atom is 0.238 e. The molecule has 6 nitrogen and oxygen atoms in total. The van der Waals surface area contributed by atoms with Crippen molar-refractivity contribution in [1.29, 1.82) is 0 Å². The van der Waals surface area contributed by atoms with Crippen molar-refractivity contribution in [2.75, 3.05) is 5.73 Å². The zero-order valence-electron chi connectivity index (χ0n) is 14.8. The SMILES string of the molecule is CCC1CCC1.Nc1ncc2c(-c3ccc4ncccc4n3)ccn2n1. The van der Waals surface area contributed by atoms with Gasteiger partial charge in [-0.1, -0.05) is 32.6 Å². The lowest BCUT2D eigenvalue weighted by Crippen LogP contribution is -2.08. The summed E-state index contributed by atoms with van der Waals surface area (Å²) in [4.78, 5) is 12.9. The molecule has 0 bridgehead atoms. The summed E-state index contributed by atoms with van der Waals surface area (Å²) in [5.41, 5.74) is 10.0. The number of rotatable bonds is 2. The Morgan fingerprint density at radius 3 is 2.73 bits per heavy atom. The summed E-state index contributed by atoms with van der Waals surface area (Å²) in [6.07, 6.45) is 11.2. The van der Waals surface area contributed by atoms with Crippen molar-refractivity contribution in [3.05, 3.63) is 48.9 Å². The second kappa shape index (κ2) is 7.07. The van der Waals surface area contributed by atoms with Gasteiger partial charge >= 0.3 is 0 Å². The maximum atomic E-state index is 5.58. The molecule has 6 heteroatoms. The van der Waals surface area contributed by atoms with E-state index >= 15 is 0 Å². The van der Waals surface area contributed by atoms with Gasteiger partial charge in [0.15, 0.2) is 0 Å². The van der Waals surface area contributed by atoms with E-state index in [0.717, 1.165) is 33.7 Å². The Bertz CT molecular complexity index is 1030. The van der Waals surface area contributed by atoms with Crippen molar-refractivity contribution in [2.45, 2.75) is 32.6 Å². The standard InChI is InChI=1S/C14H10N6.C6H12/c15-14-17-8-13-9(5-7-20(13)19-14)10-3-4-11-12(18-10)2-1-6-16-11;1-2-6-4-3-5-6/h1-8H,(H2,15,19);6H,2-5H2,1H3. The van der Waals surface area contributed by atoms with E-state index in [1.54, 1.807) is 16.9 Å². The first kappa shape index (κ1) is 16.4. The van der Waals surface area contributed by atoms with Crippen molar-refractivity contribution >= 4 is 22.5 Å². The molecule has 0 unspecified atom stereocenters. The van der Waals surface area contributed by atoms with Gasteiger partial charge in [0.2, 0.25) is 5.95 Å². The topological polar surface area (TPSA) is 82.0 Å². The molecule has 132 valence electrons. The zero-order chi connectivity index (χ0) is 17.9. The van der Waals surface area contributed by atoms with Crippen LogP contribution in [0.25, 0.3) is 27.8 Å². The molecular weight excluding hydrogens is 324 g/mol. The fourth-order valence-corrected chi connectivity index (χ4v) is 3.14. The van der Waals surface area contributed by atoms with Crippen molar-refractivity contribution in [3.63, 3.8) is 0 Å². The number of nitrogen functional groups attached to an aromatic ring is 1. The van der Waals surface area contributed by atoms with Crippen molar-refractivity contribution in [1.82, 2.24) is 24.6 Å². The summed E-state index contributed by atoms with van der Waals surface area (Å²) in [5, 5.41) is 4.13. The molecule has 0 radical (unpaired) electrons. The Morgan fingerprint density at radius 2 is 2.00 bits per heavy atom. The fraction of sp³-hybridized carbons (Fsp3) is 0.300. The molecule has 2 N–H and O–H groups in total. The molecule has 1 aliphatic carbocycles. The molecule has 0 aromatic carbocycles. The number of nitrogens with zero attached hydrogens (tertiary/aromatic N) is 5. The first-order chi connectivity index (χ1) is 12.7. The zero-order valence-corrected chi connectivity index (χ0v) is 14.8. The predicted octanol–water partition coefficient (Wildman–Crippen LogP) is 4.12. The van der Waals surface area contributed by atoms with Crippen LogP contribution in [-0.2, 0) is 0 Å². The molecule has 0 amide bonds. The Kier molecular flexibility index (Phi) is 4.48. The second-order valence-electron chi connectivity index (χ2n) is 6.62. The summed E-state index contributed by atoms with van der Waals surface area (Å²) in [6.45, 7) is 2.28. The average molecular weight is 346 g/mol. The van der Waals surface area contributed by atoms with E-state index in [0.29, 0.717) is 0 Å². The lowest BCUT2D eigenvalue weighted by Gasteiger charge is -2.22. The third kappa shape index (κ3) is 3.22. The van der Waals surface area contributed by atoms with Crippen LogP contribution in [0.5, 0.6) is 0 Å². The maximum absolute atomic E-state index is 5.58. The van der Waals surface area contributed by atoms with Crippen LogP contribution in [0.1, 0.15) is 32.6 Å². The number of nitrogens with two attached hydrogens (primary N) is 1. The molecule has 0 spiro atoms. The number of pyridine rings is 2. The molecule has 1 saturated carbocycles. The van der Waals surface area contributed by atoms with Crippen LogP contribution in [0.15, 0.2) is 48.9 Å². The summed E-state index contributed by atoms with van der Waals surface area (Å²) in [5.74, 6) is 1.36. The van der Waals surface area contributed by atoms with Gasteiger partial charge in [0.25, 0.3) is 0 Å². The molecule has 1 aliphatic rings. The van der Waals surface area contributed by atoms with Gasteiger partial charge in [0, 0.05) is 18.0 Å². The third-order valence-corrected chi connectivity index (χ3v) is 4.97. The summed E-state index contributed by atoms with van der Waals surface area (Å²) >= 11 is 0. The van der Waals surface area contributed by atoms with E-state index < -0.39 is 0 Å². The van der Waals surface area contributed by atoms with Gasteiger partial charge in [-0.15, -0.1) is 5.10 Å². The highest BCUT2D eigenvalue weighted by Crippen LogP contribution is 2.28. The van der Waals surface area contributed by atoms with Gasteiger partial charge in [0.1, 0.15) is 0 Å². The lowest BCUT2D eigenvalue weighted by molar-refractivity contribution is 0.307. The van der Waals surface area contributed by atoms with Gasteiger partial charge in [-0.25, -0.2) is 14.5 Å². The number of fused-ring (bicyclic) bond motifs is 2. The number of anilines is 1. The van der Waals surface area contributed by atoms with Gasteiger partial charge in [-0.2, -0.15) is 0 Å². The minimum atomic E-state index is 0.246. The van der Waals surface area contributed by atoms with E-state index in [1.807, 2.05) is 36.5 Å². The van der Waals surface area contributed by atoms with Crippen LogP contribution in [0.4, 0.5) is 5.95 Å². The Morgan fingerprint density at radius 1 is 1.12 bits per heavy atom. The molecule has 4 aromatic rings. The van der Waals surface area contributed by atoms with Crippen LogP contribution in [-0.4, -0.2) is 24.6 Å². The first-order valence-corrected chi connectivity index (χ1v) is 9.06. The van der Waals surface area contributed by atoms with Crippen molar-refractivity contribution in [3.8, 4) is 11.3 Å². The molecular formula is C20H22N6. The normalized spacial score (nSPS) is 14.0. The van der Waals surface area contributed by atoms with Gasteiger partial charge in [-0.3, -0.25) is 4.98 Å². The summed E-state index contributed by atoms with van der Waals surface area (Å²) < 4.78 is 1.70. The number of hydrogen-bond acceptors (Lipinski definition) is 5. The van der Waals surface area contributed by atoms with Crippen LogP contribution in [0, 0.1) is 5.92 Å². The second-order valence-corrected chi connectivity index (χ2v) is 6.62. The smallest absolute Gasteiger partial charge is 0.238 e. The minimum absolute atomic E-state index is 0.246. The molecule has 4 heterocycles. The largest absolute Gasteiger partial charge is 0.367 e. The van der Waals surface area contributed by atoms with Gasteiger partial charge in [0.05, 0.1) is 28.4 Å². The Balaban J connectivity index is 0.000000240. The van der Waals surface area contributed by atoms with Crippen LogP contribution in [0.2, 0.25) is 0 Å². The van der Waals surface area contributed by atoms with Crippen molar-refractivity contribution < 1.29 is 0 Å². The average Bonchev–Trinajstić information content (AvgIpc) is 3.04. The van der Waals surface area contributed by atoms with E-state index in [2.05, 4.69) is 27.0 Å². The molecule has 26 heavy (non-hydrogen) atoms. The highest BCUT2D eigenvalue weighted by Gasteiger charge is 2.13. The Labute approximate surface area is 152 Å². The van der Waals surface area contributed by atoms with Crippen LogP contribution >= 0.6 is 0 Å². The van der Waals surface area contributed by atoms with E-state index in [-0.39, 0.29) is 5.95 Å². The molecule has 1 fully saturated rings. The van der Waals surface area contributed by atoms with E-state index in [1.165, 1.54) is 25.7 Å². The number of hydrogen-bond donors (Lipinski definition) is 1. The quantitative estimate of drug-likeness (QED) is 0.590. The highest BCUT2D eigenvalue weighted by molar-refractivity contribution is 5.83. The highest BCUT2D eigenvalue weighted by atomic mass is 15.3. The molecule has 0 atom stereocenters. The van der Waals surface area contributed by atoms with Crippen LogP contribution < -0.4 is 5.73 Å². The van der Waals surface area contributed by atoms with E-state index in [9.17, 15) is 0 Å². The van der Waals surface area contributed by atoms with Gasteiger partial charge in [-0.05, 0) is 36.2 Å². The van der Waals surface area contributed by atoms with Crippen molar-refractivity contribution in [2.24, 2.45) is 5.92 Å². The van der Waals surface area contributed by atoms with Gasteiger partial charge < -0.3 is 5.73 Å². The summed E-state index contributed by atoms with van der Waals surface area (Å²) in [6, 6.07) is 9.67. The number of aromatic nitrogens is 5. The third-order valence-electron chi connectivity index (χ3n) is 4.97. The Hall–Kier alpha value is -3.02. The van der Waals surface area contributed by atoms with E-state index in [4.69, 9.17) is 5.73 Å². The first-order valence-electron chi connectivity index (χ1n) is 9.06. The molecule has 4 aromatic heterocycles. The molecule has 0 aliphatic heterocycles. The van der Waals surface area contributed by atoms with Crippen LogP contribution in [0.3, 0.4) is 0 Å².